The zero-order valence-electron chi connectivity index (χ0n) is 49.1. The van der Waals surface area contributed by atoms with Gasteiger partial charge >= 0.3 is 5.97 Å². The molecule has 6 heteroatoms. The second kappa shape index (κ2) is 62.6. The summed E-state index contributed by atoms with van der Waals surface area (Å²) in [6.45, 7) is 4.92. The second-order valence-corrected chi connectivity index (χ2v) is 22.5. The molecule has 0 aromatic rings. The van der Waals surface area contributed by atoms with Gasteiger partial charge in [-0.25, -0.2) is 0 Å². The van der Waals surface area contributed by atoms with Crippen LogP contribution in [0, 0.1) is 0 Å². The summed E-state index contributed by atoms with van der Waals surface area (Å²) in [5, 5.41) is 23.2. The van der Waals surface area contributed by atoms with E-state index in [0.717, 1.165) is 44.9 Å². The van der Waals surface area contributed by atoms with E-state index in [1.807, 2.05) is 6.08 Å². The van der Waals surface area contributed by atoms with Crippen molar-refractivity contribution in [3.63, 3.8) is 0 Å². The Bertz CT molecular complexity index is 1180. The van der Waals surface area contributed by atoms with Crippen molar-refractivity contribution in [2.45, 2.75) is 366 Å². The quantitative estimate of drug-likeness (QED) is 0.0320. The van der Waals surface area contributed by atoms with Crippen LogP contribution in [0.15, 0.2) is 36.5 Å². The smallest absolute Gasteiger partial charge is 0.305 e. The molecule has 2 unspecified atom stereocenters. The number of allylic oxidation sites excluding steroid dienone is 5. The van der Waals surface area contributed by atoms with Crippen molar-refractivity contribution in [3.8, 4) is 0 Å². The van der Waals surface area contributed by atoms with Gasteiger partial charge in [-0.1, -0.05) is 314 Å². The molecule has 0 fully saturated rings. The Kier molecular flexibility index (Phi) is 61.0. The summed E-state index contributed by atoms with van der Waals surface area (Å²) in [5.74, 6) is -0.0579. The number of hydrogen-bond acceptors (Lipinski definition) is 5. The highest BCUT2D eigenvalue weighted by molar-refractivity contribution is 5.76. The first-order valence-corrected chi connectivity index (χ1v) is 32.8. The van der Waals surface area contributed by atoms with Crippen molar-refractivity contribution in [2.75, 3.05) is 13.2 Å². The summed E-state index contributed by atoms with van der Waals surface area (Å²) in [6, 6.07) is -0.631. The van der Waals surface area contributed by atoms with Gasteiger partial charge in [0.25, 0.3) is 0 Å². The third-order valence-electron chi connectivity index (χ3n) is 15.2. The van der Waals surface area contributed by atoms with Gasteiger partial charge in [-0.05, 0) is 64.2 Å². The molecule has 0 bridgehead atoms. The van der Waals surface area contributed by atoms with Gasteiger partial charge < -0.3 is 20.3 Å². The van der Waals surface area contributed by atoms with E-state index in [1.54, 1.807) is 6.08 Å². The molecule has 0 rings (SSSR count). The largest absolute Gasteiger partial charge is 0.466 e. The summed E-state index contributed by atoms with van der Waals surface area (Å²) in [4.78, 5) is 24.5. The first kappa shape index (κ1) is 71.1. The van der Waals surface area contributed by atoms with Gasteiger partial charge in [0.1, 0.15) is 0 Å². The molecule has 0 aliphatic carbocycles. The zero-order valence-corrected chi connectivity index (χ0v) is 49.1. The van der Waals surface area contributed by atoms with Crippen LogP contribution in [-0.4, -0.2) is 47.4 Å². The SMILES string of the molecule is CCCCCCCCCCCCCCCCC/C=C/C(O)C(CO)NC(=O)CCCCCCCCCCCCC/C=C\C/C=C\CCCCCCCCCCCOC(=O)CCCCCCCCCCCCCC. The standard InChI is InChI=1S/C67H127NO5/c1-3-5-7-9-11-13-15-17-18-30-33-36-39-43-47-51-55-59-65(70)64(63-69)68-66(71)60-56-52-48-44-40-37-34-31-28-26-24-22-20-19-21-23-25-27-29-32-35-38-42-46-50-54-58-62-73-67(72)61-57-53-49-45-41-16-14-12-10-8-6-4-2/h19-20,23,25,55,59,64-65,69-70H,3-18,21-22,24,26-54,56-58,60-63H2,1-2H3,(H,68,71)/b20-19-,25-23-,59-55+. The predicted octanol–water partition coefficient (Wildman–Crippen LogP) is 20.8. The molecule has 2 atom stereocenters. The first-order chi connectivity index (χ1) is 36.0. The van der Waals surface area contributed by atoms with Crippen LogP contribution in [0.3, 0.4) is 0 Å². The van der Waals surface area contributed by atoms with Gasteiger partial charge in [-0.15, -0.1) is 0 Å². The average molecular weight is 1030 g/mol. The molecule has 73 heavy (non-hydrogen) atoms. The van der Waals surface area contributed by atoms with E-state index in [1.165, 1.54) is 283 Å². The molecule has 0 radical (unpaired) electrons. The van der Waals surface area contributed by atoms with Crippen molar-refractivity contribution in [2.24, 2.45) is 0 Å². The Hall–Kier alpha value is -1.92. The van der Waals surface area contributed by atoms with Gasteiger partial charge in [-0.3, -0.25) is 9.59 Å². The fourth-order valence-corrected chi connectivity index (χ4v) is 10.1. The minimum absolute atomic E-state index is 0.0111. The van der Waals surface area contributed by atoms with E-state index < -0.39 is 12.1 Å². The van der Waals surface area contributed by atoms with Gasteiger partial charge in [0.15, 0.2) is 0 Å². The minimum atomic E-state index is -0.847. The number of carbonyl (C=O) groups excluding carboxylic acids is 2. The van der Waals surface area contributed by atoms with Crippen LogP contribution in [0.25, 0.3) is 0 Å². The fraction of sp³-hybridized carbons (Fsp3) is 0.881. The van der Waals surface area contributed by atoms with Gasteiger partial charge in [0.2, 0.25) is 5.91 Å². The molecule has 430 valence electrons. The topological polar surface area (TPSA) is 95.9 Å². The number of carbonyl (C=O) groups is 2. The Balaban J connectivity index is 3.44. The highest BCUT2D eigenvalue weighted by atomic mass is 16.5. The van der Waals surface area contributed by atoms with Crippen LogP contribution in [0.5, 0.6) is 0 Å². The highest BCUT2D eigenvalue weighted by Gasteiger charge is 2.18. The Morgan fingerprint density at radius 1 is 0.384 bits per heavy atom. The van der Waals surface area contributed by atoms with Crippen LogP contribution in [-0.2, 0) is 14.3 Å². The third kappa shape index (κ3) is 59.2. The lowest BCUT2D eigenvalue weighted by Crippen LogP contribution is -2.45. The molecule has 0 spiro atoms. The lowest BCUT2D eigenvalue weighted by Gasteiger charge is -2.20. The number of aliphatic hydroxyl groups is 2. The van der Waals surface area contributed by atoms with Crippen molar-refractivity contribution in [3.05, 3.63) is 36.5 Å². The van der Waals surface area contributed by atoms with E-state index in [2.05, 4.69) is 43.5 Å². The number of aliphatic hydroxyl groups excluding tert-OH is 2. The monoisotopic (exact) mass is 1030 g/mol. The van der Waals surface area contributed by atoms with E-state index in [4.69, 9.17) is 4.74 Å². The van der Waals surface area contributed by atoms with Crippen LogP contribution in [0.1, 0.15) is 354 Å². The Morgan fingerprint density at radius 3 is 1.04 bits per heavy atom. The molecular formula is C67H127NO5. The molecule has 6 nitrogen and oxygen atoms in total. The molecule has 0 aromatic carbocycles. The summed E-state index contributed by atoms with van der Waals surface area (Å²) in [5.41, 5.74) is 0. The molecule has 0 aliphatic heterocycles. The lowest BCUT2D eigenvalue weighted by atomic mass is 10.0. The number of ether oxygens (including phenoxy) is 1. The predicted molar refractivity (Wildman–Crippen MR) is 319 cm³/mol. The Labute approximate surface area is 455 Å². The summed E-state index contributed by atoms with van der Waals surface area (Å²) >= 11 is 0. The maximum Gasteiger partial charge on any atom is 0.305 e. The number of rotatable bonds is 61. The molecule has 0 aromatic heterocycles. The molecular weight excluding hydrogens is 899 g/mol. The van der Waals surface area contributed by atoms with Crippen molar-refractivity contribution in [1.82, 2.24) is 5.32 Å². The number of unbranched alkanes of at least 4 members (excludes halogenated alkanes) is 46. The molecule has 0 aliphatic rings. The fourth-order valence-electron chi connectivity index (χ4n) is 10.1. The highest BCUT2D eigenvalue weighted by Crippen LogP contribution is 2.17. The number of nitrogens with one attached hydrogen (secondary N) is 1. The van der Waals surface area contributed by atoms with Crippen LogP contribution in [0.4, 0.5) is 0 Å². The van der Waals surface area contributed by atoms with E-state index in [9.17, 15) is 19.8 Å². The van der Waals surface area contributed by atoms with Crippen LogP contribution in [0.2, 0.25) is 0 Å². The number of esters is 1. The molecule has 3 N–H and O–H groups in total. The van der Waals surface area contributed by atoms with E-state index in [0.29, 0.717) is 19.4 Å². The number of hydrogen-bond donors (Lipinski definition) is 3. The van der Waals surface area contributed by atoms with Gasteiger partial charge in [0, 0.05) is 12.8 Å². The van der Waals surface area contributed by atoms with Crippen molar-refractivity contribution >= 4 is 11.9 Å². The number of amides is 1. The lowest BCUT2D eigenvalue weighted by molar-refractivity contribution is -0.143. The maximum absolute atomic E-state index is 12.5. The molecule has 1 amide bonds. The second-order valence-electron chi connectivity index (χ2n) is 22.5. The summed E-state index contributed by atoms with van der Waals surface area (Å²) in [7, 11) is 0. The molecule has 0 saturated carbocycles. The van der Waals surface area contributed by atoms with Crippen LogP contribution >= 0.6 is 0 Å². The first-order valence-electron chi connectivity index (χ1n) is 32.8. The van der Waals surface area contributed by atoms with Crippen molar-refractivity contribution < 1.29 is 24.5 Å². The van der Waals surface area contributed by atoms with Crippen LogP contribution < -0.4 is 5.32 Å². The zero-order chi connectivity index (χ0) is 52.9. The summed E-state index contributed by atoms with van der Waals surface area (Å²) in [6.07, 6.45) is 79.1. The van der Waals surface area contributed by atoms with E-state index in [-0.39, 0.29) is 18.5 Å². The van der Waals surface area contributed by atoms with E-state index >= 15 is 0 Å². The van der Waals surface area contributed by atoms with Crippen molar-refractivity contribution in [1.29, 1.82) is 0 Å². The minimum Gasteiger partial charge on any atom is -0.466 e. The normalized spacial score (nSPS) is 12.8. The molecule has 0 heterocycles. The van der Waals surface area contributed by atoms with Gasteiger partial charge in [-0.2, -0.15) is 0 Å². The summed E-state index contributed by atoms with van der Waals surface area (Å²) < 4.78 is 5.47. The molecule has 0 saturated heterocycles. The Morgan fingerprint density at radius 2 is 0.685 bits per heavy atom. The maximum atomic E-state index is 12.5. The average Bonchev–Trinajstić information content (AvgIpc) is 3.39. The third-order valence-corrected chi connectivity index (χ3v) is 15.2. The van der Waals surface area contributed by atoms with Gasteiger partial charge in [0.05, 0.1) is 25.4 Å².